The zero-order chi connectivity index (χ0) is 24.0. The fourth-order valence-electron chi connectivity index (χ4n) is 4.14. The van der Waals surface area contributed by atoms with E-state index in [9.17, 15) is 29.7 Å². The van der Waals surface area contributed by atoms with Crippen LogP contribution >= 0.6 is 19.2 Å². The summed E-state index contributed by atoms with van der Waals surface area (Å²) in [5.41, 5.74) is 1.10. The highest BCUT2D eigenvalue weighted by atomic mass is 35.5. The van der Waals surface area contributed by atoms with Crippen LogP contribution in [-0.2, 0) is 14.0 Å². The summed E-state index contributed by atoms with van der Waals surface area (Å²) < 4.78 is 23.9. The molecule has 5 atom stereocenters. The summed E-state index contributed by atoms with van der Waals surface area (Å²) in [6, 6.07) is 2.03. The maximum absolute atomic E-state index is 11.6. The number of hydrogen-bond acceptors (Lipinski definition) is 9. The lowest BCUT2D eigenvalue weighted by atomic mass is 10.1. The monoisotopic (exact) mass is 506 g/mol. The Bertz CT molecular complexity index is 1040. The second-order valence-corrected chi connectivity index (χ2v) is 11.1. The largest absolute Gasteiger partial charge is 0.393 e. The molecule has 1 aliphatic carbocycles. The van der Waals surface area contributed by atoms with Crippen LogP contribution in [0.1, 0.15) is 38.8 Å². The molecule has 184 valence electrons. The van der Waals surface area contributed by atoms with Gasteiger partial charge in [0.25, 0.3) is 0 Å². The van der Waals surface area contributed by atoms with Crippen molar-refractivity contribution in [3.05, 3.63) is 17.4 Å². The highest BCUT2D eigenvalue weighted by Crippen LogP contribution is 2.51. The van der Waals surface area contributed by atoms with E-state index < -0.39 is 50.7 Å². The van der Waals surface area contributed by atoms with Gasteiger partial charge in [0.2, 0.25) is 0 Å². The third kappa shape index (κ3) is 4.77. The Kier molecular flexibility index (Phi) is 7.03. The van der Waals surface area contributed by atoms with E-state index in [1.807, 2.05) is 0 Å². The SMILES string of the molecule is CC(CO)(OC[C@@H]1O[C@H](n2ncc3c(NC4CCCC4)cc(Cl)nc32)[C@@H](O)[C@H]1O)P(=O)(O)O. The number of anilines is 1. The molecule has 0 bridgehead atoms. The zero-order valence-corrected chi connectivity index (χ0v) is 19.6. The average molecular weight is 507 g/mol. The van der Waals surface area contributed by atoms with E-state index in [4.69, 9.17) is 21.1 Å². The Labute approximate surface area is 194 Å². The summed E-state index contributed by atoms with van der Waals surface area (Å²) in [5.74, 6) is 0. The summed E-state index contributed by atoms with van der Waals surface area (Å²) in [6.07, 6.45) is 0.820. The van der Waals surface area contributed by atoms with Crippen LogP contribution in [0.5, 0.6) is 0 Å². The Hall–Kier alpha value is -1.34. The predicted molar refractivity (Wildman–Crippen MR) is 118 cm³/mol. The summed E-state index contributed by atoms with van der Waals surface area (Å²) in [5, 5.41) is 36.9. The predicted octanol–water partition coefficient (Wildman–Crippen LogP) is 0.961. The smallest absolute Gasteiger partial charge is 0.359 e. The summed E-state index contributed by atoms with van der Waals surface area (Å²) in [7, 11) is -4.82. The van der Waals surface area contributed by atoms with Crippen LogP contribution in [0.25, 0.3) is 11.0 Å². The molecule has 14 heteroatoms. The summed E-state index contributed by atoms with van der Waals surface area (Å²) >= 11 is 6.23. The quantitative estimate of drug-likeness (QED) is 0.222. The molecule has 0 spiro atoms. The fraction of sp³-hybridized carbons (Fsp3) is 0.684. The van der Waals surface area contributed by atoms with Crippen molar-refractivity contribution in [1.29, 1.82) is 0 Å². The van der Waals surface area contributed by atoms with E-state index in [0.717, 1.165) is 38.3 Å². The topological polar surface area (TPSA) is 179 Å². The molecule has 0 aromatic carbocycles. The molecule has 2 aliphatic rings. The molecule has 1 aliphatic heterocycles. The number of nitrogens with zero attached hydrogens (tertiary/aromatic N) is 3. The molecule has 33 heavy (non-hydrogen) atoms. The maximum Gasteiger partial charge on any atom is 0.359 e. The average Bonchev–Trinajstić information content (AvgIpc) is 3.47. The first-order valence-corrected chi connectivity index (χ1v) is 12.7. The molecule has 0 amide bonds. The molecule has 2 aromatic heterocycles. The van der Waals surface area contributed by atoms with Gasteiger partial charge in [-0.1, -0.05) is 24.4 Å². The van der Waals surface area contributed by atoms with Crippen LogP contribution in [0.15, 0.2) is 12.3 Å². The Morgan fingerprint density at radius 1 is 1.33 bits per heavy atom. The zero-order valence-electron chi connectivity index (χ0n) is 17.9. The van der Waals surface area contributed by atoms with Gasteiger partial charge in [0, 0.05) is 6.04 Å². The minimum atomic E-state index is -4.82. The second-order valence-electron chi connectivity index (χ2n) is 8.68. The van der Waals surface area contributed by atoms with Gasteiger partial charge in [0.05, 0.1) is 30.5 Å². The highest BCUT2D eigenvalue weighted by molar-refractivity contribution is 7.53. The third-order valence-corrected chi connectivity index (χ3v) is 7.99. The van der Waals surface area contributed by atoms with Crippen LogP contribution < -0.4 is 5.32 Å². The van der Waals surface area contributed by atoms with E-state index in [2.05, 4.69) is 15.4 Å². The molecule has 1 unspecified atom stereocenters. The van der Waals surface area contributed by atoms with Crippen LogP contribution in [0, 0.1) is 0 Å². The van der Waals surface area contributed by atoms with Crippen molar-refractivity contribution in [3.8, 4) is 0 Å². The van der Waals surface area contributed by atoms with Crippen molar-refractivity contribution in [2.45, 2.75) is 68.5 Å². The van der Waals surface area contributed by atoms with E-state index in [1.165, 1.54) is 4.68 Å². The van der Waals surface area contributed by atoms with Gasteiger partial charge in [-0.3, -0.25) is 4.57 Å². The molecule has 12 nitrogen and oxygen atoms in total. The first-order chi connectivity index (χ1) is 15.5. The van der Waals surface area contributed by atoms with Crippen LogP contribution in [-0.4, -0.2) is 82.8 Å². The van der Waals surface area contributed by atoms with Gasteiger partial charge in [-0.2, -0.15) is 5.10 Å². The molecule has 6 N–H and O–H groups in total. The highest BCUT2D eigenvalue weighted by Gasteiger charge is 2.48. The molecule has 2 fully saturated rings. The number of halogens is 1. The molecule has 4 rings (SSSR count). The Balaban J connectivity index is 1.56. The molecular formula is C19H28ClN4O8P. The number of fused-ring (bicyclic) bond motifs is 1. The molecular weight excluding hydrogens is 479 g/mol. The Morgan fingerprint density at radius 3 is 2.67 bits per heavy atom. The standard InChI is InChI=1S/C19H28ClN4O8P/c1-19(9-25,33(28,29)30)31-8-13-15(26)16(27)18(32-13)24-17-11(7-21-24)12(6-14(20)23-17)22-10-4-2-3-5-10/h6-7,10,13,15-16,18,25-27H,2-5,8-9H2,1H3,(H,22,23)(H2,28,29,30)/t13-,15-,16-,18-,19?/m0/s1. The fourth-order valence-corrected chi connectivity index (χ4v) is 4.75. The Morgan fingerprint density at radius 2 is 2.03 bits per heavy atom. The minimum Gasteiger partial charge on any atom is -0.393 e. The minimum absolute atomic E-state index is 0.220. The lowest BCUT2D eigenvalue weighted by Gasteiger charge is -2.29. The van der Waals surface area contributed by atoms with Gasteiger partial charge in [-0.15, -0.1) is 0 Å². The van der Waals surface area contributed by atoms with E-state index in [-0.39, 0.29) is 5.15 Å². The first-order valence-electron chi connectivity index (χ1n) is 10.7. The molecule has 1 saturated carbocycles. The van der Waals surface area contributed by atoms with E-state index in [1.54, 1.807) is 12.3 Å². The number of aromatic nitrogens is 3. The van der Waals surface area contributed by atoms with Gasteiger partial charge in [-0.25, -0.2) is 9.67 Å². The van der Waals surface area contributed by atoms with Crippen molar-refractivity contribution in [1.82, 2.24) is 14.8 Å². The van der Waals surface area contributed by atoms with Crippen LogP contribution in [0.3, 0.4) is 0 Å². The molecule has 0 radical (unpaired) electrons. The van der Waals surface area contributed by atoms with Gasteiger partial charge in [0.15, 0.2) is 17.2 Å². The normalized spacial score (nSPS) is 28.5. The molecule has 3 heterocycles. The van der Waals surface area contributed by atoms with Crippen molar-refractivity contribution < 1.29 is 39.1 Å². The number of pyridine rings is 1. The molecule has 2 aromatic rings. The van der Waals surface area contributed by atoms with Crippen LogP contribution in [0.4, 0.5) is 5.69 Å². The first kappa shape index (κ1) is 24.8. The van der Waals surface area contributed by atoms with Gasteiger partial charge in [-0.05, 0) is 25.8 Å². The number of rotatable bonds is 8. The van der Waals surface area contributed by atoms with Crippen molar-refractivity contribution >= 4 is 35.9 Å². The summed E-state index contributed by atoms with van der Waals surface area (Å²) in [6.45, 7) is -0.386. The lowest BCUT2D eigenvalue weighted by Crippen LogP contribution is -2.39. The number of nitrogens with one attached hydrogen (secondary N) is 1. The number of aliphatic hydroxyl groups excluding tert-OH is 3. The number of ether oxygens (including phenoxy) is 2. The number of aliphatic hydroxyl groups is 3. The van der Waals surface area contributed by atoms with Gasteiger partial charge in [0.1, 0.15) is 23.5 Å². The van der Waals surface area contributed by atoms with Crippen molar-refractivity contribution in [2.24, 2.45) is 0 Å². The van der Waals surface area contributed by atoms with Crippen molar-refractivity contribution in [2.75, 3.05) is 18.5 Å². The van der Waals surface area contributed by atoms with E-state index in [0.29, 0.717) is 17.1 Å². The lowest BCUT2D eigenvalue weighted by molar-refractivity contribution is -0.104. The second kappa shape index (κ2) is 9.37. The number of hydrogen-bond donors (Lipinski definition) is 6. The van der Waals surface area contributed by atoms with Crippen LogP contribution in [0.2, 0.25) is 5.15 Å². The van der Waals surface area contributed by atoms with Gasteiger partial charge >= 0.3 is 7.60 Å². The van der Waals surface area contributed by atoms with Crippen molar-refractivity contribution in [3.63, 3.8) is 0 Å². The third-order valence-electron chi connectivity index (χ3n) is 6.30. The van der Waals surface area contributed by atoms with E-state index >= 15 is 0 Å². The summed E-state index contributed by atoms with van der Waals surface area (Å²) in [4.78, 5) is 23.2. The molecule has 1 saturated heterocycles. The van der Waals surface area contributed by atoms with Gasteiger partial charge < -0.3 is 39.9 Å². The maximum atomic E-state index is 11.6.